The minimum Gasteiger partial charge on any atom is -0.455 e. The number of ether oxygens (including phenoxy) is 1. The molecule has 2 aromatic carbocycles. The molecule has 2 rings (SSSR count). The molecule has 0 aliphatic rings. The number of amides is 1. The number of halogens is 2. The molecule has 23 heavy (non-hydrogen) atoms. The summed E-state index contributed by atoms with van der Waals surface area (Å²) in [6.45, 7) is 1.54. The SMILES string of the molecule is Cc1cc(NC(=O)COC(=O)Cc2ccc(F)cc2)ccc1Br. The molecule has 0 saturated carbocycles. The summed E-state index contributed by atoms with van der Waals surface area (Å²) in [7, 11) is 0. The van der Waals surface area contributed by atoms with Gasteiger partial charge in [0.05, 0.1) is 6.42 Å². The maximum Gasteiger partial charge on any atom is 0.310 e. The number of nitrogens with one attached hydrogen (secondary N) is 1. The molecule has 0 radical (unpaired) electrons. The number of carbonyl (C=O) groups excluding carboxylic acids is 2. The Morgan fingerprint density at radius 1 is 1.17 bits per heavy atom. The minimum absolute atomic E-state index is 0.00898. The highest BCUT2D eigenvalue weighted by molar-refractivity contribution is 9.10. The smallest absolute Gasteiger partial charge is 0.310 e. The van der Waals surface area contributed by atoms with E-state index in [0.717, 1.165) is 10.0 Å². The summed E-state index contributed by atoms with van der Waals surface area (Å²) in [6, 6.07) is 10.9. The number of rotatable bonds is 5. The van der Waals surface area contributed by atoms with Crippen molar-refractivity contribution in [1.29, 1.82) is 0 Å². The van der Waals surface area contributed by atoms with Crippen molar-refractivity contribution in [2.45, 2.75) is 13.3 Å². The Morgan fingerprint density at radius 2 is 1.87 bits per heavy atom. The lowest BCUT2D eigenvalue weighted by Crippen LogP contribution is -2.21. The predicted octanol–water partition coefficient (Wildman–Crippen LogP) is 3.62. The fourth-order valence-electron chi connectivity index (χ4n) is 1.89. The summed E-state index contributed by atoms with van der Waals surface area (Å²) in [4.78, 5) is 23.4. The fourth-order valence-corrected chi connectivity index (χ4v) is 2.13. The molecule has 0 heterocycles. The monoisotopic (exact) mass is 379 g/mol. The summed E-state index contributed by atoms with van der Waals surface area (Å²) in [5.41, 5.74) is 2.24. The summed E-state index contributed by atoms with van der Waals surface area (Å²) >= 11 is 3.38. The first kappa shape index (κ1) is 17.1. The van der Waals surface area contributed by atoms with Crippen LogP contribution in [-0.2, 0) is 20.7 Å². The van der Waals surface area contributed by atoms with Crippen LogP contribution < -0.4 is 5.32 Å². The van der Waals surface area contributed by atoms with Crippen LogP contribution in [0.1, 0.15) is 11.1 Å². The number of hydrogen-bond acceptors (Lipinski definition) is 3. The number of aryl methyl sites for hydroxylation is 1. The Morgan fingerprint density at radius 3 is 2.52 bits per heavy atom. The van der Waals surface area contributed by atoms with Gasteiger partial charge in [-0.05, 0) is 48.4 Å². The van der Waals surface area contributed by atoms with E-state index >= 15 is 0 Å². The van der Waals surface area contributed by atoms with Crippen LogP contribution in [0.3, 0.4) is 0 Å². The van der Waals surface area contributed by atoms with Crippen LogP contribution in [0.2, 0.25) is 0 Å². The molecule has 0 bridgehead atoms. The third kappa shape index (κ3) is 5.49. The van der Waals surface area contributed by atoms with Crippen molar-refractivity contribution < 1.29 is 18.7 Å². The Kier molecular flexibility index (Phi) is 5.87. The second-order valence-corrected chi connectivity index (χ2v) is 5.83. The first-order valence-electron chi connectivity index (χ1n) is 6.90. The number of carbonyl (C=O) groups is 2. The zero-order valence-corrected chi connectivity index (χ0v) is 14.0. The molecule has 0 spiro atoms. The molecular weight excluding hydrogens is 365 g/mol. The molecule has 0 atom stereocenters. The Bertz CT molecular complexity index is 716. The summed E-state index contributed by atoms with van der Waals surface area (Å²) in [5, 5.41) is 2.65. The summed E-state index contributed by atoms with van der Waals surface area (Å²) in [5.74, 6) is -1.33. The zero-order chi connectivity index (χ0) is 16.8. The molecule has 0 aliphatic heterocycles. The van der Waals surface area contributed by atoms with Crippen molar-refractivity contribution in [3.63, 3.8) is 0 Å². The lowest BCUT2D eigenvalue weighted by atomic mass is 10.1. The highest BCUT2D eigenvalue weighted by Gasteiger charge is 2.09. The third-order valence-electron chi connectivity index (χ3n) is 3.07. The van der Waals surface area contributed by atoms with Crippen molar-refractivity contribution in [3.05, 3.63) is 63.9 Å². The number of esters is 1. The molecular formula is C17H15BrFNO3. The van der Waals surface area contributed by atoms with Gasteiger partial charge in [0.2, 0.25) is 0 Å². The Hall–Kier alpha value is -2.21. The second kappa shape index (κ2) is 7.87. The van der Waals surface area contributed by atoms with Crippen LogP contribution in [0.4, 0.5) is 10.1 Å². The largest absolute Gasteiger partial charge is 0.455 e. The lowest BCUT2D eigenvalue weighted by Gasteiger charge is -2.08. The van der Waals surface area contributed by atoms with Crippen LogP contribution in [0, 0.1) is 12.7 Å². The van der Waals surface area contributed by atoms with E-state index in [0.29, 0.717) is 11.3 Å². The highest BCUT2D eigenvalue weighted by Crippen LogP contribution is 2.19. The van der Waals surface area contributed by atoms with Gasteiger partial charge in [-0.1, -0.05) is 28.1 Å². The van der Waals surface area contributed by atoms with E-state index in [4.69, 9.17) is 4.74 Å². The van der Waals surface area contributed by atoms with Crippen molar-refractivity contribution in [2.24, 2.45) is 0 Å². The topological polar surface area (TPSA) is 55.4 Å². The van der Waals surface area contributed by atoms with Gasteiger partial charge in [0.1, 0.15) is 5.82 Å². The number of anilines is 1. The zero-order valence-electron chi connectivity index (χ0n) is 12.4. The van der Waals surface area contributed by atoms with Crippen LogP contribution in [0.15, 0.2) is 46.9 Å². The predicted molar refractivity (Wildman–Crippen MR) is 88.6 cm³/mol. The van der Waals surface area contributed by atoms with E-state index in [-0.39, 0.29) is 18.8 Å². The summed E-state index contributed by atoms with van der Waals surface area (Å²) in [6.07, 6.45) is -0.00898. The number of hydrogen-bond donors (Lipinski definition) is 1. The van der Waals surface area contributed by atoms with Crippen molar-refractivity contribution >= 4 is 33.5 Å². The van der Waals surface area contributed by atoms with Gasteiger partial charge in [-0.25, -0.2) is 4.39 Å². The maximum absolute atomic E-state index is 12.8. The molecule has 120 valence electrons. The van der Waals surface area contributed by atoms with Gasteiger partial charge in [0.15, 0.2) is 6.61 Å². The second-order valence-electron chi connectivity index (χ2n) is 4.98. The third-order valence-corrected chi connectivity index (χ3v) is 3.96. The first-order chi connectivity index (χ1) is 10.9. The van der Waals surface area contributed by atoms with Crippen molar-refractivity contribution in [2.75, 3.05) is 11.9 Å². The van der Waals surface area contributed by atoms with Gasteiger partial charge in [-0.2, -0.15) is 0 Å². The van der Waals surface area contributed by atoms with Gasteiger partial charge >= 0.3 is 5.97 Å². The van der Waals surface area contributed by atoms with Crippen molar-refractivity contribution in [1.82, 2.24) is 0 Å². The molecule has 0 fully saturated rings. The molecule has 2 aromatic rings. The van der Waals surface area contributed by atoms with E-state index in [1.807, 2.05) is 19.1 Å². The van der Waals surface area contributed by atoms with Crippen LogP contribution >= 0.6 is 15.9 Å². The lowest BCUT2D eigenvalue weighted by molar-refractivity contribution is -0.146. The van der Waals surface area contributed by atoms with Gasteiger partial charge in [0, 0.05) is 10.2 Å². The van der Waals surface area contributed by atoms with Crippen LogP contribution in [-0.4, -0.2) is 18.5 Å². The number of benzene rings is 2. The molecule has 0 unspecified atom stereocenters. The van der Waals surface area contributed by atoms with Crippen molar-refractivity contribution in [3.8, 4) is 0 Å². The average Bonchev–Trinajstić information content (AvgIpc) is 2.51. The van der Waals surface area contributed by atoms with E-state index in [1.165, 1.54) is 24.3 Å². The maximum atomic E-state index is 12.8. The van der Waals surface area contributed by atoms with E-state index in [2.05, 4.69) is 21.2 Å². The average molecular weight is 380 g/mol. The standard InChI is InChI=1S/C17H15BrFNO3/c1-11-8-14(6-7-15(11)18)20-16(21)10-23-17(22)9-12-2-4-13(19)5-3-12/h2-8H,9-10H2,1H3,(H,20,21). The summed E-state index contributed by atoms with van der Waals surface area (Å²) < 4.78 is 18.6. The van der Waals surface area contributed by atoms with Gasteiger partial charge < -0.3 is 10.1 Å². The fraction of sp³-hybridized carbons (Fsp3) is 0.176. The van der Waals surface area contributed by atoms with Gasteiger partial charge in [-0.15, -0.1) is 0 Å². The van der Waals surface area contributed by atoms with E-state index in [9.17, 15) is 14.0 Å². The molecule has 4 nitrogen and oxygen atoms in total. The van der Waals surface area contributed by atoms with Gasteiger partial charge in [0.25, 0.3) is 5.91 Å². The Balaban J connectivity index is 1.80. The Labute approximate surface area is 141 Å². The highest BCUT2D eigenvalue weighted by atomic mass is 79.9. The normalized spacial score (nSPS) is 10.2. The molecule has 6 heteroatoms. The minimum atomic E-state index is -0.543. The quantitative estimate of drug-likeness (QED) is 0.807. The van der Waals surface area contributed by atoms with Crippen LogP contribution in [0.25, 0.3) is 0 Å². The molecule has 0 aromatic heterocycles. The van der Waals surface area contributed by atoms with E-state index < -0.39 is 11.9 Å². The van der Waals surface area contributed by atoms with Gasteiger partial charge in [-0.3, -0.25) is 9.59 Å². The van der Waals surface area contributed by atoms with Crippen LogP contribution in [0.5, 0.6) is 0 Å². The first-order valence-corrected chi connectivity index (χ1v) is 7.69. The van der Waals surface area contributed by atoms with E-state index in [1.54, 1.807) is 6.07 Å². The molecule has 1 amide bonds. The molecule has 0 saturated heterocycles. The molecule has 0 aliphatic carbocycles. The molecule has 1 N–H and O–H groups in total.